The molecule has 0 bridgehead atoms. The van der Waals surface area contributed by atoms with E-state index in [1.807, 2.05) is 26.0 Å². The van der Waals surface area contributed by atoms with Crippen molar-refractivity contribution in [3.05, 3.63) is 81.2 Å². The Morgan fingerprint density at radius 2 is 1.83 bits per heavy atom. The average molecular weight is 405 g/mol. The summed E-state index contributed by atoms with van der Waals surface area (Å²) in [6, 6.07) is 8.51. The van der Waals surface area contributed by atoms with Crippen LogP contribution in [0.2, 0.25) is 0 Å². The maximum atomic E-state index is 13.6. The van der Waals surface area contributed by atoms with Gasteiger partial charge < -0.3 is 18.8 Å². The number of nitrogens with zero attached hydrogens (tertiary/aromatic N) is 1. The van der Waals surface area contributed by atoms with Gasteiger partial charge in [0.05, 0.1) is 31.2 Å². The Kier molecular flexibility index (Phi) is 4.86. The Bertz CT molecular complexity index is 1240. The number of carbonyl (C=O) groups excluding carboxylic acids is 1. The molecule has 0 saturated carbocycles. The molecule has 1 aliphatic rings. The Morgan fingerprint density at radius 3 is 2.50 bits per heavy atom. The lowest BCUT2D eigenvalue weighted by Gasteiger charge is -2.24. The van der Waals surface area contributed by atoms with E-state index in [9.17, 15) is 9.59 Å². The molecule has 0 N–H and O–H groups in total. The average Bonchev–Trinajstić information content (AvgIpc) is 3.01. The molecule has 1 unspecified atom stereocenters. The third-order valence-electron chi connectivity index (χ3n) is 5.45. The highest BCUT2D eigenvalue weighted by Gasteiger charge is 2.42. The Morgan fingerprint density at radius 1 is 1.10 bits per heavy atom. The van der Waals surface area contributed by atoms with E-state index in [1.54, 1.807) is 43.4 Å². The molecule has 0 saturated heterocycles. The number of benzene rings is 2. The standard InChI is InChI=1S/C24H23NO5/c1-6-9-25-20(15-7-8-17(28-4)18(12-15)29-5)19-21(26)16-11-13(2)10-14(3)22(16)30-23(19)24(25)27/h6-8,10-12,20H,1,9H2,2-5H3. The van der Waals surface area contributed by atoms with Crippen molar-refractivity contribution in [2.75, 3.05) is 20.8 Å². The van der Waals surface area contributed by atoms with Gasteiger partial charge in [0.2, 0.25) is 5.76 Å². The molecule has 1 amide bonds. The number of fused-ring (bicyclic) bond motifs is 2. The number of rotatable bonds is 5. The second-order valence-corrected chi connectivity index (χ2v) is 7.40. The molecule has 3 aromatic rings. The van der Waals surface area contributed by atoms with Gasteiger partial charge in [-0.1, -0.05) is 18.2 Å². The lowest BCUT2D eigenvalue weighted by molar-refractivity contribution is 0.0748. The molecule has 0 spiro atoms. The number of hydrogen-bond acceptors (Lipinski definition) is 5. The number of aryl methyl sites for hydroxylation is 2. The van der Waals surface area contributed by atoms with E-state index in [-0.39, 0.29) is 23.6 Å². The van der Waals surface area contributed by atoms with Gasteiger partial charge in [0.1, 0.15) is 5.58 Å². The zero-order chi connectivity index (χ0) is 21.6. The van der Waals surface area contributed by atoms with Gasteiger partial charge in [-0.05, 0) is 48.7 Å². The van der Waals surface area contributed by atoms with Gasteiger partial charge in [-0.15, -0.1) is 6.58 Å². The second-order valence-electron chi connectivity index (χ2n) is 7.40. The minimum absolute atomic E-state index is 0.0843. The van der Waals surface area contributed by atoms with Crippen LogP contribution in [0.5, 0.6) is 11.5 Å². The van der Waals surface area contributed by atoms with E-state index in [4.69, 9.17) is 13.9 Å². The highest BCUT2D eigenvalue weighted by atomic mass is 16.5. The number of ether oxygens (including phenoxy) is 2. The molecule has 6 heteroatoms. The van der Waals surface area contributed by atoms with Gasteiger partial charge in [0, 0.05) is 6.54 Å². The van der Waals surface area contributed by atoms with Crippen LogP contribution in [-0.4, -0.2) is 31.6 Å². The van der Waals surface area contributed by atoms with E-state index in [2.05, 4.69) is 6.58 Å². The van der Waals surface area contributed by atoms with Crippen molar-refractivity contribution in [3.8, 4) is 11.5 Å². The van der Waals surface area contributed by atoms with Crippen LogP contribution in [0.15, 0.2) is 52.2 Å². The van der Waals surface area contributed by atoms with E-state index >= 15 is 0 Å². The Balaban J connectivity index is 2.02. The summed E-state index contributed by atoms with van der Waals surface area (Å²) in [5.41, 5.74) is 3.11. The molecular weight excluding hydrogens is 382 g/mol. The smallest absolute Gasteiger partial charge is 0.291 e. The van der Waals surface area contributed by atoms with Crippen LogP contribution < -0.4 is 14.9 Å². The van der Waals surface area contributed by atoms with Gasteiger partial charge in [0.15, 0.2) is 16.9 Å². The van der Waals surface area contributed by atoms with Gasteiger partial charge in [-0.3, -0.25) is 9.59 Å². The predicted octanol–water partition coefficient (Wildman–Crippen LogP) is 4.16. The lowest BCUT2D eigenvalue weighted by atomic mass is 9.97. The minimum atomic E-state index is -0.605. The summed E-state index contributed by atoms with van der Waals surface area (Å²) in [4.78, 5) is 28.4. The third kappa shape index (κ3) is 2.87. The van der Waals surface area contributed by atoms with E-state index < -0.39 is 6.04 Å². The summed E-state index contributed by atoms with van der Waals surface area (Å²) in [5.74, 6) is 0.842. The van der Waals surface area contributed by atoms with Crippen molar-refractivity contribution in [1.82, 2.24) is 4.90 Å². The van der Waals surface area contributed by atoms with Crippen molar-refractivity contribution >= 4 is 16.9 Å². The summed E-state index contributed by atoms with van der Waals surface area (Å²) in [6.45, 7) is 7.84. The van der Waals surface area contributed by atoms with Gasteiger partial charge in [0.25, 0.3) is 5.91 Å². The summed E-state index contributed by atoms with van der Waals surface area (Å²) in [7, 11) is 3.10. The van der Waals surface area contributed by atoms with Crippen molar-refractivity contribution in [2.24, 2.45) is 0 Å². The molecule has 0 fully saturated rings. The van der Waals surface area contributed by atoms with E-state index in [0.29, 0.717) is 28.0 Å². The van der Waals surface area contributed by atoms with Crippen LogP contribution in [0.1, 0.15) is 38.9 Å². The first-order valence-electron chi connectivity index (χ1n) is 9.63. The van der Waals surface area contributed by atoms with Crippen molar-refractivity contribution in [3.63, 3.8) is 0 Å². The van der Waals surface area contributed by atoms with Crippen molar-refractivity contribution in [2.45, 2.75) is 19.9 Å². The van der Waals surface area contributed by atoms with Crippen LogP contribution >= 0.6 is 0 Å². The summed E-state index contributed by atoms with van der Waals surface area (Å²) in [5, 5.41) is 0.477. The van der Waals surface area contributed by atoms with Gasteiger partial charge in [-0.25, -0.2) is 0 Å². The van der Waals surface area contributed by atoms with Crippen LogP contribution in [0.3, 0.4) is 0 Å². The molecule has 4 rings (SSSR count). The van der Waals surface area contributed by atoms with Crippen LogP contribution in [0.4, 0.5) is 0 Å². The fourth-order valence-electron chi connectivity index (χ4n) is 4.17. The van der Waals surface area contributed by atoms with E-state index in [1.165, 1.54) is 0 Å². The summed E-state index contributed by atoms with van der Waals surface area (Å²) >= 11 is 0. The number of methoxy groups -OCH3 is 2. The molecule has 30 heavy (non-hydrogen) atoms. The SMILES string of the molecule is C=CCN1C(=O)c2oc3c(C)cc(C)cc3c(=O)c2C1c1ccc(OC)c(OC)c1. The zero-order valence-corrected chi connectivity index (χ0v) is 17.4. The number of amides is 1. The predicted molar refractivity (Wildman–Crippen MR) is 115 cm³/mol. The molecular formula is C24H23NO5. The highest BCUT2D eigenvalue weighted by Crippen LogP contribution is 2.41. The normalized spacial score (nSPS) is 15.4. The van der Waals surface area contributed by atoms with Gasteiger partial charge >= 0.3 is 0 Å². The molecule has 0 aliphatic carbocycles. The fourth-order valence-corrected chi connectivity index (χ4v) is 4.17. The summed E-state index contributed by atoms with van der Waals surface area (Å²) < 4.78 is 16.8. The number of carbonyl (C=O) groups is 1. The monoisotopic (exact) mass is 405 g/mol. The fraction of sp³-hybridized carbons (Fsp3) is 0.250. The Hall–Kier alpha value is -3.54. The second kappa shape index (κ2) is 7.37. The molecule has 2 heterocycles. The lowest BCUT2D eigenvalue weighted by Crippen LogP contribution is -2.29. The van der Waals surface area contributed by atoms with Crippen molar-refractivity contribution in [1.29, 1.82) is 0 Å². The molecule has 1 atom stereocenters. The number of hydrogen-bond donors (Lipinski definition) is 0. The molecule has 1 aliphatic heterocycles. The molecule has 1 aromatic heterocycles. The molecule has 154 valence electrons. The van der Waals surface area contributed by atoms with Crippen molar-refractivity contribution < 1.29 is 18.7 Å². The Labute approximate surface area is 174 Å². The third-order valence-corrected chi connectivity index (χ3v) is 5.45. The minimum Gasteiger partial charge on any atom is -0.493 e. The first kappa shape index (κ1) is 19.8. The maximum absolute atomic E-state index is 13.6. The molecule has 6 nitrogen and oxygen atoms in total. The van der Waals surface area contributed by atoms with Crippen LogP contribution in [-0.2, 0) is 0 Å². The highest BCUT2D eigenvalue weighted by molar-refractivity contribution is 5.99. The summed E-state index contributed by atoms with van der Waals surface area (Å²) in [6.07, 6.45) is 1.64. The quantitative estimate of drug-likeness (QED) is 0.596. The zero-order valence-electron chi connectivity index (χ0n) is 17.4. The first-order valence-corrected chi connectivity index (χ1v) is 9.63. The van der Waals surface area contributed by atoms with Gasteiger partial charge in [-0.2, -0.15) is 0 Å². The molecule has 0 radical (unpaired) electrons. The van der Waals surface area contributed by atoms with Crippen LogP contribution in [0, 0.1) is 13.8 Å². The maximum Gasteiger partial charge on any atom is 0.291 e. The largest absolute Gasteiger partial charge is 0.493 e. The van der Waals surface area contributed by atoms with Crippen LogP contribution in [0.25, 0.3) is 11.0 Å². The molecule has 2 aromatic carbocycles. The first-order chi connectivity index (χ1) is 14.4. The topological polar surface area (TPSA) is 69.0 Å². The van der Waals surface area contributed by atoms with E-state index in [0.717, 1.165) is 16.7 Å².